The first kappa shape index (κ1) is 13.2. The highest BCUT2D eigenvalue weighted by molar-refractivity contribution is 5.14. The Labute approximate surface area is 119 Å². The fraction of sp³-hybridized carbons (Fsp3) is 0.533. The van der Waals surface area contributed by atoms with Crippen molar-refractivity contribution in [2.45, 2.75) is 25.2 Å². The molecular weight excluding hydrogens is 250 g/mol. The third-order valence-electron chi connectivity index (χ3n) is 4.17. The van der Waals surface area contributed by atoms with Gasteiger partial charge in [0.1, 0.15) is 0 Å². The Morgan fingerprint density at radius 1 is 1.15 bits per heavy atom. The number of hydrogen-bond donors (Lipinski definition) is 0. The zero-order chi connectivity index (χ0) is 13.8. The predicted octanol–water partition coefficient (Wildman–Crippen LogP) is 1.63. The molecule has 1 aliphatic heterocycles. The van der Waals surface area contributed by atoms with Crippen LogP contribution in [0.15, 0.2) is 30.3 Å². The van der Waals surface area contributed by atoms with E-state index >= 15 is 0 Å². The number of likely N-dealkylation sites (tertiary alicyclic amines) is 1. The standard InChI is InChI=1S/C15H21N5/c1-19-15(16-17-18-19)14-8-11-20(12-9-14)10-7-13-5-3-2-4-6-13/h2-6,14H,7-12H2,1H3. The zero-order valence-electron chi connectivity index (χ0n) is 11.9. The van der Waals surface area contributed by atoms with E-state index in [-0.39, 0.29) is 0 Å². The van der Waals surface area contributed by atoms with Crippen LogP contribution in [0.2, 0.25) is 0 Å². The summed E-state index contributed by atoms with van der Waals surface area (Å²) in [6.07, 6.45) is 3.45. The number of aryl methyl sites for hydroxylation is 1. The van der Waals surface area contributed by atoms with Crippen molar-refractivity contribution in [3.8, 4) is 0 Å². The SMILES string of the molecule is Cn1nnnc1C1CCN(CCc2ccccc2)CC1. The number of rotatable bonds is 4. The van der Waals surface area contributed by atoms with E-state index < -0.39 is 0 Å². The molecule has 2 heterocycles. The van der Waals surface area contributed by atoms with Crippen molar-refractivity contribution in [1.29, 1.82) is 0 Å². The molecule has 3 rings (SSSR count). The molecule has 106 valence electrons. The number of tetrazole rings is 1. The molecule has 5 heteroatoms. The highest BCUT2D eigenvalue weighted by Crippen LogP contribution is 2.25. The summed E-state index contributed by atoms with van der Waals surface area (Å²) in [6.45, 7) is 3.43. The molecule has 0 aliphatic carbocycles. The van der Waals surface area contributed by atoms with E-state index in [0.717, 1.165) is 44.7 Å². The van der Waals surface area contributed by atoms with Gasteiger partial charge in [-0.25, -0.2) is 4.68 Å². The number of nitrogens with zero attached hydrogens (tertiary/aromatic N) is 5. The van der Waals surface area contributed by atoms with Gasteiger partial charge in [-0.3, -0.25) is 0 Å². The first-order chi connectivity index (χ1) is 9.83. The van der Waals surface area contributed by atoms with Gasteiger partial charge in [-0.05, 0) is 48.3 Å². The summed E-state index contributed by atoms with van der Waals surface area (Å²) in [5, 5.41) is 11.8. The second kappa shape index (κ2) is 6.13. The smallest absolute Gasteiger partial charge is 0.154 e. The van der Waals surface area contributed by atoms with Gasteiger partial charge in [0.05, 0.1) is 0 Å². The summed E-state index contributed by atoms with van der Waals surface area (Å²) in [7, 11) is 1.93. The van der Waals surface area contributed by atoms with E-state index in [2.05, 4.69) is 50.8 Å². The molecule has 1 saturated heterocycles. The molecule has 1 aromatic carbocycles. The molecule has 0 N–H and O–H groups in total. The van der Waals surface area contributed by atoms with E-state index in [1.165, 1.54) is 5.56 Å². The predicted molar refractivity (Wildman–Crippen MR) is 77.4 cm³/mol. The van der Waals surface area contributed by atoms with Gasteiger partial charge in [0.15, 0.2) is 5.82 Å². The van der Waals surface area contributed by atoms with Crippen LogP contribution in [-0.2, 0) is 13.5 Å². The first-order valence-corrected chi connectivity index (χ1v) is 7.31. The number of piperidine rings is 1. The Morgan fingerprint density at radius 2 is 1.90 bits per heavy atom. The molecule has 2 aromatic rings. The van der Waals surface area contributed by atoms with Crippen LogP contribution in [0.1, 0.15) is 30.1 Å². The monoisotopic (exact) mass is 271 g/mol. The van der Waals surface area contributed by atoms with Gasteiger partial charge in [-0.2, -0.15) is 0 Å². The third kappa shape index (κ3) is 3.04. The molecule has 1 aliphatic rings. The number of benzene rings is 1. The van der Waals surface area contributed by atoms with Crippen LogP contribution in [0.4, 0.5) is 0 Å². The van der Waals surface area contributed by atoms with Crippen molar-refractivity contribution in [2.24, 2.45) is 7.05 Å². The lowest BCUT2D eigenvalue weighted by atomic mass is 9.95. The quantitative estimate of drug-likeness (QED) is 0.848. The summed E-state index contributed by atoms with van der Waals surface area (Å²) in [5.41, 5.74) is 1.42. The molecule has 0 spiro atoms. The van der Waals surface area contributed by atoms with Gasteiger partial charge >= 0.3 is 0 Å². The van der Waals surface area contributed by atoms with Crippen LogP contribution >= 0.6 is 0 Å². The maximum absolute atomic E-state index is 4.14. The van der Waals surface area contributed by atoms with E-state index in [9.17, 15) is 0 Å². The molecule has 1 aromatic heterocycles. The normalized spacial score (nSPS) is 17.4. The second-order valence-electron chi connectivity index (χ2n) is 5.51. The van der Waals surface area contributed by atoms with Crippen LogP contribution < -0.4 is 0 Å². The van der Waals surface area contributed by atoms with Gasteiger partial charge in [0.25, 0.3) is 0 Å². The minimum Gasteiger partial charge on any atom is -0.303 e. The molecule has 0 radical (unpaired) electrons. The van der Waals surface area contributed by atoms with Crippen LogP contribution in [-0.4, -0.2) is 44.7 Å². The molecule has 1 fully saturated rings. The Bertz CT molecular complexity index is 528. The molecule has 0 atom stereocenters. The lowest BCUT2D eigenvalue weighted by molar-refractivity contribution is 0.210. The van der Waals surface area contributed by atoms with Crippen LogP contribution in [0, 0.1) is 0 Å². The van der Waals surface area contributed by atoms with Crippen molar-refractivity contribution >= 4 is 0 Å². The molecular formula is C15H21N5. The van der Waals surface area contributed by atoms with Gasteiger partial charge in [-0.1, -0.05) is 30.3 Å². The molecule has 0 bridgehead atoms. The fourth-order valence-corrected chi connectivity index (χ4v) is 2.93. The van der Waals surface area contributed by atoms with Gasteiger partial charge in [-0.15, -0.1) is 5.10 Å². The van der Waals surface area contributed by atoms with Crippen molar-refractivity contribution in [1.82, 2.24) is 25.1 Å². The van der Waals surface area contributed by atoms with Crippen LogP contribution in [0.5, 0.6) is 0 Å². The average Bonchev–Trinajstić information content (AvgIpc) is 2.93. The average molecular weight is 271 g/mol. The van der Waals surface area contributed by atoms with E-state index in [1.807, 2.05) is 11.7 Å². The Hall–Kier alpha value is -1.75. The Kier molecular flexibility index (Phi) is 4.06. The first-order valence-electron chi connectivity index (χ1n) is 7.31. The summed E-state index contributed by atoms with van der Waals surface area (Å²) in [4.78, 5) is 2.55. The summed E-state index contributed by atoms with van der Waals surface area (Å²) < 4.78 is 1.81. The maximum atomic E-state index is 4.14. The Balaban J connectivity index is 1.48. The summed E-state index contributed by atoms with van der Waals surface area (Å²) in [6, 6.07) is 10.7. The molecule has 0 unspecified atom stereocenters. The topological polar surface area (TPSA) is 46.8 Å². The molecule has 0 amide bonds. The van der Waals surface area contributed by atoms with Gasteiger partial charge in [0.2, 0.25) is 0 Å². The number of hydrogen-bond acceptors (Lipinski definition) is 4. The molecule has 20 heavy (non-hydrogen) atoms. The minimum atomic E-state index is 0.517. The molecule has 0 saturated carbocycles. The van der Waals surface area contributed by atoms with Crippen LogP contribution in [0.25, 0.3) is 0 Å². The van der Waals surface area contributed by atoms with E-state index in [0.29, 0.717) is 5.92 Å². The minimum absolute atomic E-state index is 0.517. The summed E-state index contributed by atoms with van der Waals surface area (Å²) in [5.74, 6) is 1.55. The fourth-order valence-electron chi connectivity index (χ4n) is 2.93. The summed E-state index contributed by atoms with van der Waals surface area (Å²) >= 11 is 0. The van der Waals surface area contributed by atoms with E-state index in [1.54, 1.807) is 0 Å². The molecule has 5 nitrogen and oxygen atoms in total. The van der Waals surface area contributed by atoms with Crippen molar-refractivity contribution < 1.29 is 0 Å². The van der Waals surface area contributed by atoms with Crippen molar-refractivity contribution in [3.05, 3.63) is 41.7 Å². The van der Waals surface area contributed by atoms with E-state index in [4.69, 9.17) is 0 Å². The van der Waals surface area contributed by atoms with Crippen molar-refractivity contribution in [2.75, 3.05) is 19.6 Å². The zero-order valence-corrected chi connectivity index (χ0v) is 11.9. The highest BCUT2D eigenvalue weighted by atomic mass is 15.5. The largest absolute Gasteiger partial charge is 0.303 e. The lowest BCUT2D eigenvalue weighted by Gasteiger charge is -2.31. The van der Waals surface area contributed by atoms with Crippen LogP contribution in [0.3, 0.4) is 0 Å². The van der Waals surface area contributed by atoms with Gasteiger partial charge in [0, 0.05) is 19.5 Å². The van der Waals surface area contributed by atoms with Gasteiger partial charge < -0.3 is 4.90 Å². The number of aromatic nitrogens is 4. The van der Waals surface area contributed by atoms with Crippen molar-refractivity contribution in [3.63, 3.8) is 0 Å². The second-order valence-corrected chi connectivity index (χ2v) is 5.51. The lowest BCUT2D eigenvalue weighted by Crippen LogP contribution is -2.35. The maximum Gasteiger partial charge on any atom is 0.154 e. The third-order valence-corrected chi connectivity index (χ3v) is 4.17. The highest BCUT2D eigenvalue weighted by Gasteiger charge is 2.23. The Morgan fingerprint density at radius 3 is 2.55 bits per heavy atom.